The van der Waals surface area contributed by atoms with Crippen LogP contribution in [-0.4, -0.2) is 17.1 Å². The maximum Gasteiger partial charge on any atom is 0.267 e. The molecule has 16 heavy (non-hydrogen) atoms. The maximum atomic E-state index is 12.0. The minimum Gasteiger partial charge on any atom is -0.333 e. The third kappa shape index (κ3) is 5.47. The lowest BCUT2D eigenvalue weighted by atomic mass is 9.91. The minimum absolute atomic E-state index is 0.157. The van der Waals surface area contributed by atoms with Crippen molar-refractivity contribution in [3.8, 4) is 0 Å². The zero-order chi connectivity index (χ0) is 12.0. The lowest BCUT2D eigenvalue weighted by molar-refractivity contribution is 0.365. The van der Waals surface area contributed by atoms with Crippen LogP contribution in [0.5, 0.6) is 0 Å². The van der Waals surface area contributed by atoms with Crippen LogP contribution in [0, 0.1) is 5.92 Å². The molecule has 1 fully saturated rings. The molecular weight excluding hydrogens is 221 g/mol. The number of rotatable bonds is 6. The average molecular weight is 247 g/mol. The Morgan fingerprint density at radius 3 is 2.56 bits per heavy atom. The van der Waals surface area contributed by atoms with Crippen LogP contribution in [0.3, 0.4) is 0 Å². The summed E-state index contributed by atoms with van der Waals surface area (Å²) in [6, 6.07) is 0.157. The van der Waals surface area contributed by atoms with E-state index in [4.69, 9.17) is 0 Å². The Hall–Kier alpha value is 0.150. The van der Waals surface area contributed by atoms with E-state index in [0.717, 1.165) is 25.7 Å². The Kier molecular flexibility index (Phi) is 6.02. The first kappa shape index (κ1) is 14.2. The molecule has 0 aromatic carbocycles. The molecule has 0 aromatic rings. The van der Waals surface area contributed by atoms with E-state index in [-0.39, 0.29) is 6.04 Å². The van der Waals surface area contributed by atoms with E-state index in [0.29, 0.717) is 12.1 Å². The second kappa shape index (κ2) is 6.78. The van der Waals surface area contributed by atoms with Gasteiger partial charge in [-0.15, -0.1) is 0 Å². The lowest BCUT2D eigenvalue weighted by Crippen LogP contribution is -2.26. The van der Waals surface area contributed by atoms with Crippen LogP contribution in [-0.2, 0) is 4.57 Å². The summed E-state index contributed by atoms with van der Waals surface area (Å²) in [5.74, 6) is 0.464. The second-order valence-electron chi connectivity index (χ2n) is 5.21. The monoisotopic (exact) mass is 247 g/mol. The summed E-state index contributed by atoms with van der Waals surface area (Å²) >= 11 is 0. The highest BCUT2D eigenvalue weighted by molar-refractivity contribution is 7.55. The van der Waals surface area contributed by atoms with Crippen LogP contribution in [0.2, 0.25) is 0 Å². The molecule has 1 aliphatic rings. The summed E-state index contributed by atoms with van der Waals surface area (Å²) in [4.78, 5) is 9.91. The molecule has 0 radical (unpaired) electrons. The van der Waals surface area contributed by atoms with Crippen LogP contribution < -0.4 is 5.09 Å². The third-order valence-corrected chi connectivity index (χ3v) is 5.23. The maximum absolute atomic E-state index is 12.0. The number of hydrogen-bond acceptors (Lipinski definition) is 1. The van der Waals surface area contributed by atoms with E-state index in [1.54, 1.807) is 0 Å². The molecule has 1 rings (SSSR count). The second-order valence-corrected chi connectivity index (χ2v) is 7.23. The van der Waals surface area contributed by atoms with Gasteiger partial charge in [0.15, 0.2) is 0 Å². The normalized spacial score (nSPS) is 23.9. The molecule has 1 aliphatic carbocycles. The van der Waals surface area contributed by atoms with E-state index in [2.05, 4.69) is 12.0 Å². The third-order valence-electron chi connectivity index (χ3n) is 3.37. The van der Waals surface area contributed by atoms with E-state index in [9.17, 15) is 9.46 Å². The molecule has 1 saturated carbocycles. The largest absolute Gasteiger partial charge is 0.333 e. The molecular formula is C12H26NO2P. The van der Waals surface area contributed by atoms with Crippen molar-refractivity contribution in [3.05, 3.63) is 0 Å². The van der Waals surface area contributed by atoms with Crippen molar-refractivity contribution >= 4 is 7.52 Å². The molecule has 0 bridgehead atoms. The van der Waals surface area contributed by atoms with Crippen molar-refractivity contribution in [1.82, 2.24) is 5.09 Å². The summed E-state index contributed by atoms with van der Waals surface area (Å²) in [7, 11) is -3.10. The molecule has 4 heteroatoms. The van der Waals surface area contributed by atoms with Crippen LogP contribution in [0.15, 0.2) is 0 Å². The molecule has 0 amide bonds. The topological polar surface area (TPSA) is 49.3 Å². The Morgan fingerprint density at radius 2 is 2.00 bits per heavy atom. The molecule has 2 unspecified atom stereocenters. The van der Waals surface area contributed by atoms with Gasteiger partial charge in [-0.2, -0.15) is 0 Å². The Balaban J connectivity index is 2.34. The fourth-order valence-electron chi connectivity index (χ4n) is 2.61. The smallest absolute Gasteiger partial charge is 0.267 e. The van der Waals surface area contributed by atoms with Crippen molar-refractivity contribution in [3.63, 3.8) is 0 Å². The molecule has 0 spiro atoms. The van der Waals surface area contributed by atoms with E-state index < -0.39 is 7.52 Å². The summed E-state index contributed by atoms with van der Waals surface area (Å²) in [5.41, 5.74) is 0. The van der Waals surface area contributed by atoms with Gasteiger partial charge >= 0.3 is 0 Å². The van der Waals surface area contributed by atoms with Gasteiger partial charge in [-0.1, -0.05) is 32.6 Å². The first-order valence-corrected chi connectivity index (χ1v) is 8.47. The molecule has 96 valence electrons. The standard InChI is InChI=1S/C12H26NO2P/c1-3-7-11(2)13-16(14,15)10-12-8-5-4-6-9-12/h11-12H,3-10H2,1-2H3,(H2,13,14,15). The van der Waals surface area contributed by atoms with Gasteiger partial charge in [-0.05, 0) is 32.1 Å². The average Bonchev–Trinajstić information content (AvgIpc) is 2.17. The molecule has 0 heterocycles. The lowest BCUT2D eigenvalue weighted by Gasteiger charge is -2.26. The first-order valence-electron chi connectivity index (χ1n) is 6.63. The zero-order valence-electron chi connectivity index (χ0n) is 10.6. The fourth-order valence-corrected chi connectivity index (χ4v) is 4.60. The molecule has 0 aromatic heterocycles. The van der Waals surface area contributed by atoms with Crippen molar-refractivity contribution in [1.29, 1.82) is 0 Å². The molecule has 0 saturated heterocycles. The fraction of sp³-hybridized carbons (Fsp3) is 1.00. The van der Waals surface area contributed by atoms with E-state index in [1.807, 2.05) is 6.92 Å². The van der Waals surface area contributed by atoms with Gasteiger partial charge in [-0.3, -0.25) is 4.57 Å². The first-order chi connectivity index (χ1) is 7.53. The van der Waals surface area contributed by atoms with Gasteiger partial charge in [0.25, 0.3) is 7.52 Å². The summed E-state index contributed by atoms with van der Waals surface area (Å²) in [6.07, 6.45) is 8.52. The van der Waals surface area contributed by atoms with Crippen LogP contribution in [0.4, 0.5) is 0 Å². The highest BCUT2D eigenvalue weighted by atomic mass is 31.2. The Morgan fingerprint density at radius 1 is 1.38 bits per heavy atom. The zero-order valence-corrected chi connectivity index (χ0v) is 11.5. The van der Waals surface area contributed by atoms with E-state index >= 15 is 0 Å². The highest BCUT2D eigenvalue weighted by Crippen LogP contribution is 2.42. The molecule has 2 N–H and O–H groups in total. The van der Waals surface area contributed by atoms with Gasteiger partial charge in [-0.25, -0.2) is 5.09 Å². The molecule has 0 aliphatic heterocycles. The summed E-state index contributed by atoms with van der Waals surface area (Å²) in [5, 5.41) is 2.92. The van der Waals surface area contributed by atoms with Crippen molar-refractivity contribution in [2.24, 2.45) is 5.92 Å². The van der Waals surface area contributed by atoms with Crippen LogP contribution in [0.1, 0.15) is 58.8 Å². The van der Waals surface area contributed by atoms with E-state index in [1.165, 1.54) is 19.3 Å². The van der Waals surface area contributed by atoms with Gasteiger partial charge in [0.2, 0.25) is 0 Å². The minimum atomic E-state index is -3.10. The Bertz CT molecular complexity index is 239. The summed E-state index contributed by atoms with van der Waals surface area (Å²) < 4.78 is 12.0. The Labute approximate surface area is 99.5 Å². The quantitative estimate of drug-likeness (QED) is 0.706. The number of nitrogens with one attached hydrogen (secondary N) is 1. The highest BCUT2D eigenvalue weighted by Gasteiger charge is 2.26. The number of hydrogen-bond donors (Lipinski definition) is 2. The SMILES string of the molecule is CCCC(C)NP(=O)(O)CC1CCCCC1. The molecule has 2 atom stereocenters. The van der Waals surface area contributed by atoms with Crippen molar-refractivity contribution in [2.75, 3.05) is 6.16 Å². The van der Waals surface area contributed by atoms with Crippen molar-refractivity contribution < 1.29 is 9.46 Å². The van der Waals surface area contributed by atoms with Crippen molar-refractivity contribution in [2.45, 2.75) is 64.8 Å². The van der Waals surface area contributed by atoms with Gasteiger partial charge in [0, 0.05) is 12.2 Å². The predicted octanol–water partition coefficient (Wildman–Crippen LogP) is 3.53. The predicted molar refractivity (Wildman–Crippen MR) is 68.8 cm³/mol. The van der Waals surface area contributed by atoms with Gasteiger partial charge < -0.3 is 4.89 Å². The van der Waals surface area contributed by atoms with Crippen LogP contribution in [0.25, 0.3) is 0 Å². The van der Waals surface area contributed by atoms with Gasteiger partial charge in [0.1, 0.15) is 0 Å². The molecule has 3 nitrogen and oxygen atoms in total. The van der Waals surface area contributed by atoms with Gasteiger partial charge in [0.05, 0.1) is 0 Å². The summed E-state index contributed by atoms with van der Waals surface area (Å²) in [6.45, 7) is 4.09. The van der Waals surface area contributed by atoms with Crippen LogP contribution >= 0.6 is 7.52 Å².